The van der Waals surface area contributed by atoms with E-state index in [4.69, 9.17) is 4.74 Å². The maximum atomic E-state index is 13.4. The van der Waals surface area contributed by atoms with Gasteiger partial charge in [0.05, 0.1) is 17.9 Å². The minimum absolute atomic E-state index is 0.0986. The molecule has 0 amide bonds. The molecule has 2 aliphatic heterocycles. The number of esters is 1. The zero-order chi connectivity index (χ0) is 19.7. The molecule has 0 radical (unpaired) electrons. The summed E-state index contributed by atoms with van der Waals surface area (Å²) in [4.78, 5) is 25.8. The second kappa shape index (κ2) is 7.11. The number of ether oxygens (including phenoxy) is 1. The molecule has 0 aromatic heterocycles. The average molecular weight is 380 g/mol. The van der Waals surface area contributed by atoms with E-state index >= 15 is 0 Å². The van der Waals surface area contributed by atoms with Crippen molar-refractivity contribution >= 4 is 11.8 Å². The highest BCUT2D eigenvalue weighted by molar-refractivity contribution is 6.00. The van der Waals surface area contributed by atoms with Crippen molar-refractivity contribution in [3.63, 3.8) is 0 Å². The minimum Gasteiger partial charge on any atom is -0.461 e. The van der Waals surface area contributed by atoms with Crippen molar-refractivity contribution in [3.8, 4) is 0 Å². The summed E-state index contributed by atoms with van der Waals surface area (Å²) >= 11 is 0. The normalized spacial score (nSPS) is 25.1. The number of hydrogen-bond donors (Lipinski definition) is 2. The van der Waals surface area contributed by atoms with Crippen molar-refractivity contribution in [2.45, 2.75) is 6.92 Å². The van der Waals surface area contributed by atoms with Crippen molar-refractivity contribution in [1.82, 2.24) is 10.6 Å². The Morgan fingerprint density at radius 2 is 2.04 bits per heavy atom. The smallest absolute Gasteiger partial charge is 0.354 e. The number of ketones is 1. The van der Waals surface area contributed by atoms with Crippen LogP contribution in [0.25, 0.3) is 0 Å². The summed E-state index contributed by atoms with van der Waals surface area (Å²) in [5.74, 6) is -1.40. The number of Topliss-reactive ketones (excluding diaryl/α,β-unsaturated/α-hetero) is 1. The number of carbonyl (C=O) groups is 2. The SMILES string of the molecule is CCOC(=O)C1=CC23C(=CCN1)C=CC=C2NCC3C(=O)c1ccc(F)cc1. The third-order valence-electron chi connectivity index (χ3n) is 5.44. The van der Waals surface area contributed by atoms with Gasteiger partial charge in [-0.25, -0.2) is 9.18 Å². The lowest BCUT2D eigenvalue weighted by Crippen LogP contribution is -2.35. The third-order valence-corrected chi connectivity index (χ3v) is 5.44. The van der Waals surface area contributed by atoms with E-state index in [0.29, 0.717) is 24.4 Å². The number of allylic oxidation sites excluding steroid dienone is 4. The number of rotatable bonds is 4. The number of carbonyl (C=O) groups excluding carboxylic acids is 2. The molecule has 4 rings (SSSR count). The van der Waals surface area contributed by atoms with Crippen molar-refractivity contribution < 1.29 is 18.7 Å². The van der Waals surface area contributed by atoms with Crippen LogP contribution >= 0.6 is 0 Å². The molecule has 2 N–H and O–H groups in total. The van der Waals surface area contributed by atoms with Gasteiger partial charge in [0.1, 0.15) is 11.5 Å². The van der Waals surface area contributed by atoms with Crippen LogP contribution in [0, 0.1) is 17.2 Å². The van der Waals surface area contributed by atoms with Gasteiger partial charge in [-0.05, 0) is 48.9 Å². The van der Waals surface area contributed by atoms with Gasteiger partial charge in [-0.1, -0.05) is 18.2 Å². The van der Waals surface area contributed by atoms with Crippen LogP contribution in [0.5, 0.6) is 0 Å². The van der Waals surface area contributed by atoms with Gasteiger partial charge in [-0.3, -0.25) is 4.79 Å². The molecule has 5 nitrogen and oxygen atoms in total. The summed E-state index contributed by atoms with van der Waals surface area (Å²) in [6.45, 7) is 2.90. The van der Waals surface area contributed by atoms with Gasteiger partial charge in [0, 0.05) is 24.4 Å². The summed E-state index contributed by atoms with van der Waals surface area (Å²) in [6, 6.07) is 5.58. The maximum Gasteiger partial charge on any atom is 0.354 e. The van der Waals surface area contributed by atoms with Gasteiger partial charge in [0.25, 0.3) is 0 Å². The van der Waals surface area contributed by atoms with Crippen LogP contribution < -0.4 is 10.6 Å². The molecule has 1 aromatic rings. The lowest BCUT2D eigenvalue weighted by Gasteiger charge is -2.35. The lowest BCUT2D eigenvalue weighted by atomic mass is 9.65. The third kappa shape index (κ3) is 2.85. The maximum absolute atomic E-state index is 13.4. The van der Waals surface area contributed by atoms with E-state index < -0.39 is 17.3 Å². The van der Waals surface area contributed by atoms with Gasteiger partial charge >= 0.3 is 5.97 Å². The second-order valence-corrected chi connectivity index (χ2v) is 6.93. The van der Waals surface area contributed by atoms with Crippen LogP contribution in [-0.4, -0.2) is 31.4 Å². The van der Waals surface area contributed by atoms with Crippen LogP contribution in [0.1, 0.15) is 17.3 Å². The highest BCUT2D eigenvalue weighted by atomic mass is 19.1. The summed E-state index contributed by atoms with van der Waals surface area (Å²) in [6.07, 6.45) is 9.63. The number of nitrogens with one attached hydrogen (secondary N) is 2. The molecule has 1 saturated heterocycles. The van der Waals surface area contributed by atoms with Crippen LogP contribution in [0.4, 0.5) is 4.39 Å². The van der Waals surface area contributed by atoms with Crippen molar-refractivity contribution in [3.05, 3.63) is 83.0 Å². The summed E-state index contributed by atoms with van der Waals surface area (Å²) < 4.78 is 18.5. The molecule has 6 heteroatoms. The molecule has 2 heterocycles. The van der Waals surface area contributed by atoms with Crippen LogP contribution in [0.2, 0.25) is 0 Å². The fourth-order valence-electron chi connectivity index (χ4n) is 4.15. The summed E-state index contributed by atoms with van der Waals surface area (Å²) in [5, 5.41) is 6.43. The molecule has 0 saturated carbocycles. The van der Waals surface area contributed by atoms with Crippen molar-refractivity contribution in [1.29, 1.82) is 0 Å². The molecule has 2 unspecified atom stereocenters. The summed E-state index contributed by atoms with van der Waals surface area (Å²) in [5.41, 5.74) is 1.82. The topological polar surface area (TPSA) is 67.4 Å². The molecular formula is C22H21FN2O3. The van der Waals surface area contributed by atoms with Crippen molar-refractivity contribution in [2.75, 3.05) is 19.7 Å². The molecular weight excluding hydrogens is 359 g/mol. The Labute approximate surface area is 162 Å². The van der Waals surface area contributed by atoms with E-state index in [9.17, 15) is 14.0 Å². The highest BCUT2D eigenvalue weighted by Gasteiger charge is 2.52. The molecule has 1 spiro atoms. The predicted molar refractivity (Wildman–Crippen MR) is 103 cm³/mol. The van der Waals surface area contributed by atoms with Crippen LogP contribution in [0.15, 0.2) is 71.6 Å². The Kier molecular flexibility index (Phi) is 4.63. The second-order valence-electron chi connectivity index (χ2n) is 6.93. The first-order valence-electron chi connectivity index (χ1n) is 9.33. The summed E-state index contributed by atoms with van der Waals surface area (Å²) in [7, 11) is 0. The fraction of sp³-hybridized carbons (Fsp3) is 0.273. The minimum atomic E-state index is -0.786. The molecule has 1 aliphatic carbocycles. The number of halogens is 1. The largest absolute Gasteiger partial charge is 0.461 e. The quantitative estimate of drug-likeness (QED) is 0.621. The highest BCUT2D eigenvalue weighted by Crippen LogP contribution is 2.51. The van der Waals surface area contributed by atoms with E-state index in [2.05, 4.69) is 10.6 Å². The van der Waals surface area contributed by atoms with Gasteiger partial charge < -0.3 is 15.4 Å². The number of hydrogen-bond acceptors (Lipinski definition) is 5. The number of benzene rings is 1. The van der Waals surface area contributed by atoms with Gasteiger partial charge in [-0.15, -0.1) is 0 Å². The molecule has 28 heavy (non-hydrogen) atoms. The van der Waals surface area contributed by atoms with Gasteiger partial charge in [0.2, 0.25) is 0 Å². The first-order valence-corrected chi connectivity index (χ1v) is 9.33. The predicted octanol–water partition coefficient (Wildman–Crippen LogP) is 2.64. The first kappa shape index (κ1) is 18.2. The first-order chi connectivity index (χ1) is 13.6. The van der Waals surface area contributed by atoms with Gasteiger partial charge in [0.15, 0.2) is 5.78 Å². The zero-order valence-electron chi connectivity index (χ0n) is 15.5. The molecule has 3 aliphatic rings. The Morgan fingerprint density at radius 1 is 1.25 bits per heavy atom. The molecule has 0 bridgehead atoms. The Hall–Kier alpha value is -3.15. The van der Waals surface area contributed by atoms with E-state index in [1.165, 1.54) is 24.3 Å². The van der Waals surface area contributed by atoms with Crippen LogP contribution in [0.3, 0.4) is 0 Å². The van der Waals surface area contributed by atoms with Crippen molar-refractivity contribution in [2.24, 2.45) is 11.3 Å². The monoisotopic (exact) mass is 380 g/mol. The molecule has 1 aromatic carbocycles. The van der Waals surface area contributed by atoms with Crippen LogP contribution in [-0.2, 0) is 9.53 Å². The van der Waals surface area contributed by atoms with E-state index in [0.717, 1.165) is 11.3 Å². The molecule has 144 valence electrons. The molecule has 1 fully saturated rings. The van der Waals surface area contributed by atoms with Gasteiger partial charge in [-0.2, -0.15) is 0 Å². The Bertz CT molecular complexity index is 943. The average Bonchev–Trinajstić information content (AvgIpc) is 2.94. The Balaban J connectivity index is 1.82. The fourth-order valence-corrected chi connectivity index (χ4v) is 4.15. The van der Waals surface area contributed by atoms with E-state index in [-0.39, 0.29) is 18.2 Å². The van der Waals surface area contributed by atoms with E-state index in [1.54, 1.807) is 6.92 Å². The Morgan fingerprint density at radius 3 is 2.79 bits per heavy atom. The lowest BCUT2D eigenvalue weighted by molar-refractivity contribution is -0.139. The van der Waals surface area contributed by atoms with E-state index in [1.807, 2.05) is 30.4 Å². The molecule has 2 atom stereocenters. The zero-order valence-corrected chi connectivity index (χ0v) is 15.5. The standard InChI is InChI=1S/C22H21FN2O3/c1-2-28-21(27)18-12-22-15(10-11-24-18)4-3-5-19(22)25-13-17(22)20(26)14-6-8-16(23)9-7-14/h3-10,12,17,24-25H,2,11,13H2,1H3.